The quantitative estimate of drug-likeness (QED) is 0.171. The molecule has 4 nitrogen and oxygen atoms in total. The maximum Gasteiger partial charge on any atom is 0.160 e. The molecule has 0 saturated carbocycles. The summed E-state index contributed by atoms with van der Waals surface area (Å²) in [6.07, 6.45) is 0. The Balaban J connectivity index is 1.03. The summed E-state index contributed by atoms with van der Waals surface area (Å²) in [5.41, 5.74) is 11.2. The summed E-state index contributed by atoms with van der Waals surface area (Å²) < 4.78 is 8.76. The van der Waals surface area contributed by atoms with Crippen LogP contribution in [0.4, 0.5) is 17.1 Å². The second-order valence-corrected chi connectivity index (χ2v) is 14.8. The van der Waals surface area contributed by atoms with Crippen molar-refractivity contribution in [3.8, 4) is 33.8 Å². The Morgan fingerprint density at radius 2 is 1.05 bits per heavy atom. The first-order valence-corrected chi connectivity index (χ1v) is 19.2. The smallest absolute Gasteiger partial charge is 0.160 e. The highest BCUT2D eigenvalue weighted by atomic mass is 32.1. The molecule has 8 aromatic carbocycles. The fourth-order valence-corrected chi connectivity index (χ4v) is 8.98. The first-order chi connectivity index (χ1) is 27.2. The van der Waals surface area contributed by atoms with Gasteiger partial charge in [-0.05, 0) is 94.7 Å². The van der Waals surface area contributed by atoms with Gasteiger partial charge >= 0.3 is 0 Å². The van der Waals surface area contributed by atoms with Crippen molar-refractivity contribution < 1.29 is 4.42 Å². The molecule has 11 aromatic rings. The first-order valence-electron chi connectivity index (χ1n) is 18.4. The average Bonchev–Trinajstić information content (AvgIpc) is 3.83. The Morgan fingerprint density at radius 3 is 1.84 bits per heavy atom. The minimum atomic E-state index is 0.687. The fraction of sp³-hybridized carbons (Fsp3) is 0. The van der Waals surface area contributed by atoms with Gasteiger partial charge in [0.25, 0.3) is 0 Å². The van der Waals surface area contributed by atoms with Gasteiger partial charge in [-0.1, -0.05) is 115 Å². The molecule has 0 amide bonds. The summed E-state index contributed by atoms with van der Waals surface area (Å²) in [6, 6.07) is 66.0. The van der Waals surface area contributed by atoms with E-state index < -0.39 is 0 Å². The van der Waals surface area contributed by atoms with Crippen molar-refractivity contribution in [3.63, 3.8) is 0 Å². The van der Waals surface area contributed by atoms with E-state index in [1.807, 2.05) is 6.07 Å². The van der Waals surface area contributed by atoms with Crippen molar-refractivity contribution in [3.05, 3.63) is 188 Å². The standard InChI is InChI=1S/C50H31N3OS/c1-3-11-32(12-4-1)33-19-25-38(26-20-33)53(37-14-5-2-6-15-37)39-27-21-35(22-28-39)50-51-47(49-48(52-50)42-17-9-10-18-45(42)55-49)36-23-29-41-44(31-36)54-43-30-24-34-13-7-8-16-40(34)46(41)43/h1-31H. The molecule has 258 valence electrons. The maximum absolute atomic E-state index is 6.50. The third-order valence-electron chi connectivity index (χ3n) is 10.5. The second kappa shape index (κ2) is 12.8. The van der Waals surface area contributed by atoms with Gasteiger partial charge in [0.05, 0.1) is 15.9 Å². The number of hydrogen-bond donors (Lipinski definition) is 0. The zero-order valence-electron chi connectivity index (χ0n) is 29.6. The summed E-state index contributed by atoms with van der Waals surface area (Å²) in [5, 5.41) is 5.78. The molecule has 3 heterocycles. The number of rotatable bonds is 6. The summed E-state index contributed by atoms with van der Waals surface area (Å²) in [4.78, 5) is 12.8. The summed E-state index contributed by atoms with van der Waals surface area (Å²) >= 11 is 1.74. The van der Waals surface area contributed by atoms with Crippen LogP contribution in [0.25, 0.3) is 86.8 Å². The fourth-order valence-electron chi connectivity index (χ4n) is 7.83. The Bertz CT molecular complexity index is 3190. The number of aromatic nitrogens is 2. The van der Waals surface area contributed by atoms with Crippen LogP contribution in [0.5, 0.6) is 0 Å². The van der Waals surface area contributed by atoms with Crippen molar-refractivity contribution in [2.75, 3.05) is 4.90 Å². The zero-order valence-corrected chi connectivity index (χ0v) is 30.4. The van der Waals surface area contributed by atoms with Gasteiger partial charge < -0.3 is 9.32 Å². The topological polar surface area (TPSA) is 42.2 Å². The van der Waals surface area contributed by atoms with Crippen LogP contribution in [0.15, 0.2) is 192 Å². The molecule has 11 rings (SSSR count). The van der Waals surface area contributed by atoms with Gasteiger partial charge in [-0.15, -0.1) is 11.3 Å². The Labute approximate surface area is 321 Å². The van der Waals surface area contributed by atoms with Crippen LogP contribution >= 0.6 is 11.3 Å². The lowest BCUT2D eigenvalue weighted by molar-refractivity contribution is 0.669. The van der Waals surface area contributed by atoms with Crippen molar-refractivity contribution >= 4 is 81.4 Å². The van der Waals surface area contributed by atoms with E-state index in [-0.39, 0.29) is 0 Å². The minimum Gasteiger partial charge on any atom is -0.456 e. The van der Waals surface area contributed by atoms with Crippen molar-refractivity contribution in [2.24, 2.45) is 0 Å². The average molecular weight is 722 g/mol. The van der Waals surface area contributed by atoms with E-state index in [1.165, 1.54) is 26.6 Å². The number of hydrogen-bond acceptors (Lipinski definition) is 5. The molecule has 0 N–H and O–H groups in total. The summed E-state index contributed by atoms with van der Waals surface area (Å²) in [5.74, 6) is 0.687. The Morgan fingerprint density at radius 1 is 0.436 bits per heavy atom. The molecular formula is C50H31N3OS. The van der Waals surface area contributed by atoms with Gasteiger partial charge in [0, 0.05) is 49.0 Å². The molecule has 0 unspecified atom stereocenters. The Hall–Kier alpha value is -7.08. The number of furan rings is 1. The van der Waals surface area contributed by atoms with Crippen molar-refractivity contribution in [1.29, 1.82) is 0 Å². The predicted octanol–water partition coefficient (Wildman–Crippen LogP) is 14.4. The predicted molar refractivity (Wildman–Crippen MR) is 231 cm³/mol. The lowest BCUT2D eigenvalue weighted by Crippen LogP contribution is -2.09. The zero-order chi connectivity index (χ0) is 36.3. The number of para-hydroxylation sites is 1. The largest absolute Gasteiger partial charge is 0.456 e. The van der Waals surface area contributed by atoms with E-state index in [4.69, 9.17) is 14.4 Å². The molecular weight excluding hydrogens is 691 g/mol. The van der Waals surface area contributed by atoms with Crippen LogP contribution in [-0.2, 0) is 0 Å². The molecule has 0 bridgehead atoms. The van der Waals surface area contributed by atoms with Gasteiger partial charge in [0.2, 0.25) is 0 Å². The van der Waals surface area contributed by atoms with E-state index in [0.717, 1.165) is 71.4 Å². The molecule has 3 aromatic heterocycles. The summed E-state index contributed by atoms with van der Waals surface area (Å²) in [6.45, 7) is 0. The third-order valence-corrected chi connectivity index (χ3v) is 11.7. The molecule has 0 aliphatic rings. The highest BCUT2D eigenvalue weighted by molar-refractivity contribution is 7.26. The van der Waals surface area contributed by atoms with E-state index in [0.29, 0.717) is 5.82 Å². The normalized spacial score (nSPS) is 11.6. The van der Waals surface area contributed by atoms with Crippen molar-refractivity contribution in [1.82, 2.24) is 9.97 Å². The monoisotopic (exact) mass is 721 g/mol. The molecule has 0 spiro atoms. The Kier molecular flexibility index (Phi) is 7.32. The van der Waals surface area contributed by atoms with E-state index in [9.17, 15) is 0 Å². The van der Waals surface area contributed by atoms with Crippen LogP contribution < -0.4 is 4.90 Å². The third kappa shape index (κ3) is 5.36. The summed E-state index contributed by atoms with van der Waals surface area (Å²) in [7, 11) is 0. The lowest BCUT2D eigenvalue weighted by atomic mass is 10.0. The molecule has 5 heteroatoms. The van der Waals surface area contributed by atoms with Crippen LogP contribution in [0.1, 0.15) is 0 Å². The van der Waals surface area contributed by atoms with Gasteiger partial charge in [-0.3, -0.25) is 0 Å². The molecule has 0 aliphatic heterocycles. The minimum absolute atomic E-state index is 0.687. The van der Waals surface area contributed by atoms with Crippen LogP contribution in [0, 0.1) is 0 Å². The maximum atomic E-state index is 6.50. The van der Waals surface area contributed by atoms with E-state index in [1.54, 1.807) is 11.3 Å². The van der Waals surface area contributed by atoms with E-state index in [2.05, 4.69) is 187 Å². The molecule has 0 radical (unpaired) electrons. The van der Waals surface area contributed by atoms with Gasteiger partial charge in [-0.2, -0.15) is 0 Å². The van der Waals surface area contributed by atoms with Gasteiger partial charge in [-0.25, -0.2) is 9.97 Å². The molecule has 0 saturated heterocycles. The highest BCUT2D eigenvalue weighted by Gasteiger charge is 2.19. The molecule has 0 aliphatic carbocycles. The highest BCUT2D eigenvalue weighted by Crippen LogP contribution is 2.42. The number of fused-ring (bicyclic) bond motifs is 8. The van der Waals surface area contributed by atoms with Gasteiger partial charge in [0.15, 0.2) is 5.82 Å². The van der Waals surface area contributed by atoms with Crippen LogP contribution in [0.2, 0.25) is 0 Å². The number of nitrogens with zero attached hydrogens (tertiary/aromatic N) is 3. The molecule has 0 atom stereocenters. The molecule has 55 heavy (non-hydrogen) atoms. The number of anilines is 3. The van der Waals surface area contributed by atoms with E-state index >= 15 is 0 Å². The number of thiophene rings is 1. The number of benzene rings is 8. The van der Waals surface area contributed by atoms with Crippen molar-refractivity contribution in [2.45, 2.75) is 0 Å². The van der Waals surface area contributed by atoms with Gasteiger partial charge in [0.1, 0.15) is 11.2 Å². The lowest BCUT2D eigenvalue weighted by Gasteiger charge is -2.25. The first kappa shape index (κ1) is 31.4. The second-order valence-electron chi connectivity index (χ2n) is 13.8. The van der Waals surface area contributed by atoms with Crippen LogP contribution in [-0.4, -0.2) is 9.97 Å². The van der Waals surface area contributed by atoms with Crippen LogP contribution in [0.3, 0.4) is 0 Å². The SMILES string of the molecule is c1ccc(-c2ccc(N(c3ccccc3)c3ccc(-c4nc(-c5ccc6c(c5)oc5ccc7ccccc7c56)c5sc6ccccc6c5n4)cc3)cc2)cc1. The molecule has 0 fully saturated rings.